The van der Waals surface area contributed by atoms with Crippen LogP contribution in [0.15, 0.2) is 54.6 Å². The van der Waals surface area contributed by atoms with E-state index in [2.05, 4.69) is 15.6 Å². The van der Waals surface area contributed by atoms with Gasteiger partial charge >= 0.3 is 6.03 Å². The Labute approximate surface area is 200 Å². The summed E-state index contributed by atoms with van der Waals surface area (Å²) in [7, 11) is 0. The van der Waals surface area contributed by atoms with E-state index in [1.54, 1.807) is 19.1 Å². The highest BCUT2D eigenvalue weighted by Gasteiger charge is 2.33. The number of carbonyl (C=O) groups excluding carboxylic acids is 3. The molecule has 2 aromatic carbocycles. The van der Waals surface area contributed by atoms with Gasteiger partial charge in [0, 0.05) is 26.2 Å². The van der Waals surface area contributed by atoms with Crippen LogP contribution in [0.3, 0.4) is 0 Å². The van der Waals surface area contributed by atoms with E-state index >= 15 is 0 Å². The number of amides is 4. The van der Waals surface area contributed by atoms with Gasteiger partial charge in [-0.3, -0.25) is 14.5 Å². The highest BCUT2D eigenvalue weighted by Crippen LogP contribution is 2.28. The molecule has 1 saturated heterocycles. The molecule has 0 atom stereocenters. The minimum atomic E-state index is -0.341. The molecule has 1 aliphatic heterocycles. The van der Waals surface area contributed by atoms with Gasteiger partial charge in [0.15, 0.2) is 5.13 Å². The molecule has 4 amide bonds. The van der Waals surface area contributed by atoms with Crippen molar-refractivity contribution < 1.29 is 18.8 Å². The summed E-state index contributed by atoms with van der Waals surface area (Å²) in [5, 5.41) is 6.05. The van der Waals surface area contributed by atoms with Crippen LogP contribution in [0.5, 0.6) is 0 Å². The van der Waals surface area contributed by atoms with E-state index in [0.29, 0.717) is 35.3 Å². The van der Waals surface area contributed by atoms with E-state index in [4.69, 9.17) is 0 Å². The van der Waals surface area contributed by atoms with Crippen molar-refractivity contribution in [1.29, 1.82) is 0 Å². The van der Waals surface area contributed by atoms with Crippen molar-refractivity contribution >= 4 is 34.3 Å². The van der Waals surface area contributed by atoms with E-state index < -0.39 is 0 Å². The van der Waals surface area contributed by atoms with Gasteiger partial charge in [-0.15, -0.1) is 0 Å². The molecule has 0 bridgehead atoms. The number of aryl methyl sites for hydroxylation is 1. The average molecular weight is 482 g/mol. The fraction of sp³-hybridized carbons (Fsp3) is 0.250. The van der Waals surface area contributed by atoms with E-state index in [-0.39, 0.29) is 36.8 Å². The maximum atomic E-state index is 13.0. The van der Waals surface area contributed by atoms with Crippen LogP contribution in [-0.4, -0.2) is 47.4 Å². The van der Waals surface area contributed by atoms with Crippen LogP contribution in [-0.2, 0) is 17.9 Å². The normalized spacial score (nSPS) is 13.3. The zero-order valence-corrected chi connectivity index (χ0v) is 19.4. The van der Waals surface area contributed by atoms with Gasteiger partial charge in [0.05, 0.1) is 5.69 Å². The minimum absolute atomic E-state index is 0.0920. The Morgan fingerprint density at radius 3 is 2.41 bits per heavy atom. The number of urea groups is 1. The van der Waals surface area contributed by atoms with E-state index in [1.165, 1.54) is 21.9 Å². The Morgan fingerprint density at radius 2 is 1.68 bits per heavy atom. The number of hydrogen-bond donors (Lipinski definition) is 2. The smallest absolute Gasteiger partial charge is 0.326 e. The lowest BCUT2D eigenvalue weighted by Gasteiger charge is -2.16. The first-order chi connectivity index (χ1) is 16.4. The number of halogens is 1. The second kappa shape index (κ2) is 10.4. The number of aromatic nitrogens is 1. The van der Waals surface area contributed by atoms with Crippen LogP contribution in [0.1, 0.15) is 26.5 Å². The zero-order chi connectivity index (χ0) is 24.1. The van der Waals surface area contributed by atoms with E-state index in [1.807, 2.05) is 30.3 Å². The largest absolute Gasteiger partial charge is 0.350 e. The van der Waals surface area contributed by atoms with Crippen molar-refractivity contribution in [3.05, 3.63) is 82.1 Å². The SMILES string of the molecule is Cc1nc(N2CCN(CC(=O)NCc3ccc(F)cc3)C2=O)sc1C(=O)NCc1ccccc1. The molecular formula is C24H24FN5O3S. The summed E-state index contributed by atoms with van der Waals surface area (Å²) in [6.07, 6.45) is 0. The second-order valence-electron chi connectivity index (χ2n) is 7.84. The van der Waals surface area contributed by atoms with Gasteiger partial charge in [-0.05, 0) is 30.2 Å². The first-order valence-electron chi connectivity index (χ1n) is 10.8. The monoisotopic (exact) mass is 481 g/mol. The quantitative estimate of drug-likeness (QED) is 0.517. The summed E-state index contributed by atoms with van der Waals surface area (Å²) in [5.41, 5.74) is 2.30. The molecule has 4 rings (SSSR count). The molecule has 1 aliphatic rings. The molecule has 2 heterocycles. The summed E-state index contributed by atoms with van der Waals surface area (Å²) in [6, 6.07) is 15.1. The van der Waals surface area contributed by atoms with Crippen molar-refractivity contribution in [3.63, 3.8) is 0 Å². The van der Waals surface area contributed by atoms with Crippen LogP contribution < -0.4 is 15.5 Å². The number of nitrogens with one attached hydrogen (secondary N) is 2. The average Bonchev–Trinajstić information content (AvgIpc) is 3.40. The summed E-state index contributed by atoms with van der Waals surface area (Å²) in [4.78, 5) is 45.6. The third kappa shape index (κ3) is 5.57. The predicted molar refractivity (Wildman–Crippen MR) is 127 cm³/mol. The third-order valence-electron chi connectivity index (χ3n) is 5.35. The van der Waals surface area contributed by atoms with Crippen molar-refractivity contribution in [2.45, 2.75) is 20.0 Å². The first kappa shape index (κ1) is 23.4. The zero-order valence-electron chi connectivity index (χ0n) is 18.6. The number of benzene rings is 2. The van der Waals surface area contributed by atoms with E-state index in [9.17, 15) is 18.8 Å². The minimum Gasteiger partial charge on any atom is -0.350 e. The molecule has 0 unspecified atom stereocenters. The molecule has 34 heavy (non-hydrogen) atoms. The number of rotatable bonds is 8. The molecule has 3 aromatic rings. The van der Waals surface area contributed by atoms with Gasteiger partial charge < -0.3 is 15.5 Å². The number of carbonyl (C=O) groups is 3. The standard InChI is InChI=1S/C24H24FN5O3S/c1-16-21(22(32)27-14-17-5-3-2-4-6-17)34-23(28-16)30-12-11-29(24(30)33)15-20(31)26-13-18-7-9-19(25)10-8-18/h2-10H,11-15H2,1H3,(H,26,31)(H,27,32). The van der Waals surface area contributed by atoms with Gasteiger partial charge in [-0.25, -0.2) is 14.2 Å². The van der Waals surface area contributed by atoms with Gasteiger partial charge in [-0.1, -0.05) is 53.8 Å². The first-order valence-corrected chi connectivity index (χ1v) is 11.6. The molecule has 176 valence electrons. The topological polar surface area (TPSA) is 94.6 Å². The molecule has 8 nitrogen and oxygen atoms in total. The van der Waals surface area contributed by atoms with Crippen LogP contribution in [0.25, 0.3) is 0 Å². The van der Waals surface area contributed by atoms with E-state index in [0.717, 1.165) is 22.5 Å². The molecule has 2 N–H and O–H groups in total. The molecule has 1 aromatic heterocycles. The van der Waals surface area contributed by atoms with Gasteiger partial charge in [-0.2, -0.15) is 0 Å². The molecule has 10 heteroatoms. The number of hydrogen-bond acceptors (Lipinski definition) is 5. The van der Waals surface area contributed by atoms with Crippen LogP contribution in [0.4, 0.5) is 14.3 Å². The number of nitrogens with zero attached hydrogens (tertiary/aromatic N) is 3. The Hall–Kier alpha value is -3.79. The Balaban J connectivity index is 1.31. The van der Waals surface area contributed by atoms with Crippen LogP contribution >= 0.6 is 11.3 Å². The summed E-state index contributed by atoms with van der Waals surface area (Å²) in [5.74, 6) is -0.892. The third-order valence-corrected chi connectivity index (χ3v) is 6.53. The summed E-state index contributed by atoms with van der Waals surface area (Å²) in [6.45, 7) is 3.04. The van der Waals surface area contributed by atoms with Gasteiger partial charge in [0.25, 0.3) is 5.91 Å². The Kier molecular flexibility index (Phi) is 7.17. The maximum Gasteiger partial charge on any atom is 0.326 e. The fourth-order valence-corrected chi connectivity index (χ4v) is 4.51. The molecule has 0 saturated carbocycles. The highest BCUT2D eigenvalue weighted by molar-refractivity contribution is 7.17. The number of anilines is 1. The lowest BCUT2D eigenvalue weighted by molar-refractivity contribution is -0.121. The van der Waals surface area contributed by atoms with Crippen molar-refractivity contribution in [3.8, 4) is 0 Å². The van der Waals surface area contributed by atoms with Crippen molar-refractivity contribution in [2.75, 3.05) is 24.5 Å². The fourth-order valence-electron chi connectivity index (χ4n) is 3.51. The predicted octanol–water partition coefficient (Wildman–Crippen LogP) is 3.08. The van der Waals surface area contributed by atoms with Crippen LogP contribution in [0, 0.1) is 12.7 Å². The number of thiazole rings is 1. The van der Waals surface area contributed by atoms with Gasteiger partial charge in [0.1, 0.15) is 17.2 Å². The summed E-state index contributed by atoms with van der Waals surface area (Å²) < 4.78 is 13.0. The molecule has 1 fully saturated rings. The van der Waals surface area contributed by atoms with Crippen molar-refractivity contribution in [1.82, 2.24) is 20.5 Å². The molecule has 0 radical (unpaired) electrons. The molecular weight excluding hydrogens is 457 g/mol. The Bertz CT molecular complexity index is 1180. The Morgan fingerprint density at radius 1 is 1.00 bits per heavy atom. The molecule has 0 spiro atoms. The maximum absolute atomic E-state index is 13.0. The lowest BCUT2D eigenvalue weighted by atomic mass is 10.2. The summed E-state index contributed by atoms with van der Waals surface area (Å²) >= 11 is 1.16. The van der Waals surface area contributed by atoms with Gasteiger partial charge in [0.2, 0.25) is 5.91 Å². The van der Waals surface area contributed by atoms with Crippen molar-refractivity contribution in [2.24, 2.45) is 0 Å². The highest BCUT2D eigenvalue weighted by atomic mass is 32.1. The van der Waals surface area contributed by atoms with Crippen LogP contribution in [0.2, 0.25) is 0 Å². The second-order valence-corrected chi connectivity index (χ2v) is 8.82. The lowest BCUT2D eigenvalue weighted by Crippen LogP contribution is -2.39. The molecule has 0 aliphatic carbocycles.